The summed E-state index contributed by atoms with van der Waals surface area (Å²) in [6, 6.07) is 4.79. The third-order valence-electron chi connectivity index (χ3n) is 3.93. The largest absolute Gasteiger partial charge is 0.479 e. The number of carbonyl (C=O) groups is 3. The molecule has 1 aliphatic heterocycles. The Bertz CT molecular complexity index is 662. The number of rotatable bonds is 6. The van der Waals surface area contributed by atoms with Gasteiger partial charge in [-0.3, -0.25) is 19.3 Å². The Hall–Kier alpha value is -2.08. The van der Waals surface area contributed by atoms with Gasteiger partial charge in [0, 0.05) is 11.6 Å². The molecule has 2 rings (SSSR count). The number of alkyl halides is 1. The lowest BCUT2D eigenvalue weighted by Gasteiger charge is -2.33. The molecule has 0 saturated heterocycles. The first-order chi connectivity index (χ1) is 11.4. The van der Waals surface area contributed by atoms with Crippen LogP contribution in [0.2, 0.25) is 0 Å². The van der Waals surface area contributed by atoms with Gasteiger partial charge in [0.15, 0.2) is 11.9 Å². The third-order valence-corrected chi connectivity index (χ3v) is 4.17. The Morgan fingerprint density at radius 3 is 2.75 bits per heavy atom. The van der Waals surface area contributed by atoms with Crippen molar-refractivity contribution in [2.75, 3.05) is 17.3 Å². The van der Waals surface area contributed by atoms with Crippen molar-refractivity contribution in [3.05, 3.63) is 23.8 Å². The summed E-state index contributed by atoms with van der Waals surface area (Å²) >= 11 is 5.59. The van der Waals surface area contributed by atoms with Crippen molar-refractivity contribution < 1.29 is 19.1 Å². The lowest BCUT2D eigenvalue weighted by molar-refractivity contribution is -0.128. The molecular weight excluding hydrogens is 332 g/mol. The highest BCUT2D eigenvalue weighted by Gasteiger charge is 2.33. The first kappa shape index (κ1) is 18.3. The Morgan fingerprint density at radius 2 is 2.12 bits per heavy atom. The van der Waals surface area contributed by atoms with Gasteiger partial charge >= 0.3 is 0 Å². The van der Waals surface area contributed by atoms with Gasteiger partial charge < -0.3 is 10.1 Å². The van der Waals surface area contributed by atoms with Crippen LogP contribution in [0.3, 0.4) is 0 Å². The van der Waals surface area contributed by atoms with Gasteiger partial charge in [-0.15, -0.1) is 11.6 Å². The molecule has 1 N–H and O–H groups in total. The molecule has 2 amide bonds. The summed E-state index contributed by atoms with van der Waals surface area (Å²) in [4.78, 5) is 37.8. The van der Waals surface area contributed by atoms with Gasteiger partial charge in [-0.2, -0.15) is 0 Å². The molecular formula is C17H21ClN2O4. The molecule has 0 radical (unpaired) electrons. The molecule has 0 aliphatic carbocycles. The van der Waals surface area contributed by atoms with Crippen molar-refractivity contribution in [2.24, 2.45) is 0 Å². The molecule has 1 aromatic rings. The van der Waals surface area contributed by atoms with E-state index in [4.69, 9.17) is 16.3 Å². The van der Waals surface area contributed by atoms with Crippen molar-refractivity contribution >= 4 is 34.9 Å². The van der Waals surface area contributed by atoms with E-state index in [0.29, 0.717) is 17.0 Å². The topological polar surface area (TPSA) is 75.7 Å². The van der Waals surface area contributed by atoms with E-state index in [1.54, 1.807) is 25.1 Å². The smallest absolute Gasteiger partial charge is 0.268 e. The SMILES string of the molecule is CCC(C)NC(=O)CN1C(=O)C(C)Oc2ccc(C(=O)CCl)cc21. The van der Waals surface area contributed by atoms with E-state index >= 15 is 0 Å². The predicted octanol–water partition coefficient (Wildman–Crippen LogP) is 2.14. The molecule has 0 aromatic heterocycles. The summed E-state index contributed by atoms with van der Waals surface area (Å²) in [5, 5.41) is 2.83. The Balaban J connectivity index is 2.32. The lowest BCUT2D eigenvalue weighted by Crippen LogP contribution is -2.49. The number of anilines is 1. The molecule has 0 fully saturated rings. The lowest BCUT2D eigenvalue weighted by atomic mass is 10.1. The molecule has 2 unspecified atom stereocenters. The number of benzene rings is 1. The molecule has 24 heavy (non-hydrogen) atoms. The molecule has 1 aromatic carbocycles. The highest BCUT2D eigenvalue weighted by atomic mass is 35.5. The number of ether oxygens (including phenoxy) is 1. The number of nitrogens with one attached hydrogen (secondary N) is 1. The van der Waals surface area contributed by atoms with Gasteiger partial charge in [-0.05, 0) is 38.5 Å². The summed E-state index contributed by atoms with van der Waals surface area (Å²) < 4.78 is 5.56. The fourth-order valence-electron chi connectivity index (χ4n) is 2.39. The zero-order chi connectivity index (χ0) is 17.9. The Morgan fingerprint density at radius 1 is 1.42 bits per heavy atom. The second kappa shape index (κ2) is 7.66. The molecule has 1 heterocycles. The summed E-state index contributed by atoms with van der Waals surface area (Å²) in [6.45, 7) is 5.37. The number of nitrogens with zero attached hydrogens (tertiary/aromatic N) is 1. The summed E-state index contributed by atoms with van der Waals surface area (Å²) in [6.07, 6.45) is 0.105. The second-order valence-electron chi connectivity index (χ2n) is 5.80. The minimum absolute atomic E-state index is 0.0229. The van der Waals surface area contributed by atoms with Gasteiger partial charge in [-0.25, -0.2) is 0 Å². The molecule has 0 saturated carbocycles. The molecule has 0 spiro atoms. The molecule has 7 heteroatoms. The number of halogens is 1. The van der Waals surface area contributed by atoms with Crippen LogP contribution in [0.25, 0.3) is 0 Å². The van der Waals surface area contributed by atoms with E-state index in [9.17, 15) is 14.4 Å². The minimum atomic E-state index is -0.691. The van der Waals surface area contributed by atoms with Gasteiger partial charge in [0.1, 0.15) is 12.3 Å². The van der Waals surface area contributed by atoms with Crippen molar-refractivity contribution in [3.63, 3.8) is 0 Å². The summed E-state index contributed by atoms with van der Waals surface area (Å²) in [5.41, 5.74) is 0.787. The van der Waals surface area contributed by atoms with Crippen LogP contribution >= 0.6 is 11.6 Å². The highest BCUT2D eigenvalue weighted by Crippen LogP contribution is 2.35. The van der Waals surface area contributed by atoms with Crippen molar-refractivity contribution in [3.8, 4) is 5.75 Å². The number of hydrogen-bond acceptors (Lipinski definition) is 4. The normalized spacial score (nSPS) is 17.8. The van der Waals surface area contributed by atoms with Crippen LogP contribution in [0.15, 0.2) is 18.2 Å². The summed E-state index contributed by atoms with van der Waals surface area (Å²) in [7, 11) is 0. The standard InChI is InChI=1S/C17H21ClN2O4/c1-4-10(2)19-16(22)9-20-13-7-12(14(21)8-18)5-6-15(13)24-11(3)17(20)23/h5-7,10-11H,4,8-9H2,1-3H3,(H,19,22). The van der Waals surface area contributed by atoms with E-state index in [0.717, 1.165) is 6.42 Å². The van der Waals surface area contributed by atoms with Crippen LogP contribution in [0.5, 0.6) is 5.75 Å². The first-order valence-electron chi connectivity index (χ1n) is 7.88. The zero-order valence-corrected chi connectivity index (χ0v) is 14.7. The molecule has 6 nitrogen and oxygen atoms in total. The molecule has 0 bridgehead atoms. The second-order valence-corrected chi connectivity index (χ2v) is 6.07. The molecule has 130 valence electrons. The van der Waals surface area contributed by atoms with Crippen LogP contribution in [0, 0.1) is 0 Å². The number of hydrogen-bond donors (Lipinski definition) is 1. The van der Waals surface area contributed by atoms with Crippen molar-refractivity contribution in [2.45, 2.75) is 39.3 Å². The van der Waals surface area contributed by atoms with Crippen LogP contribution in [0.4, 0.5) is 5.69 Å². The monoisotopic (exact) mass is 352 g/mol. The van der Waals surface area contributed by atoms with Crippen LogP contribution in [-0.4, -0.2) is 42.2 Å². The summed E-state index contributed by atoms with van der Waals surface area (Å²) in [5.74, 6) is -0.526. The number of ketones is 1. The maximum atomic E-state index is 12.4. The maximum Gasteiger partial charge on any atom is 0.268 e. The number of Topliss-reactive ketones (excluding diaryl/α,β-unsaturated/α-hetero) is 1. The van der Waals surface area contributed by atoms with Crippen molar-refractivity contribution in [1.29, 1.82) is 0 Å². The first-order valence-corrected chi connectivity index (χ1v) is 8.41. The Kier molecular flexibility index (Phi) is 5.83. The van der Waals surface area contributed by atoms with Gasteiger partial charge in [-0.1, -0.05) is 6.92 Å². The molecule has 1 aliphatic rings. The number of fused-ring (bicyclic) bond motifs is 1. The average molecular weight is 353 g/mol. The fraction of sp³-hybridized carbons (Fsp3) is 0.471. The Labute approximate surface area is 146 Å². The number of amides is 2. The predicted molar refractivity (Wildman–Crippen MR) is 91.8 cm³/mol. The highest BCUT2D eigenvalue weighted by molar-refractivity contribution is 6.30. The zero-order valence-electron chi connectivity index (χ0n) is 14.0. The van der Waals surface area contributed by atoms with Crippen LogP contribution in [0.1, 0.15) is 37.6 Å². The number of carbonyl (C=O) groups excluding carboxylic acids is 3. The van der Waals surface area contributed by atoms with Gasteiger partial charge in [0.05, 0.1) is 11.6 Å². The maximum absolute atomic E-state index is 12.4. The van der Waals surface area contributed by atoms with Crippen molar-refractivity contribution in [1.82, 2.24) is 5.32 Å². The van der Waals surface area contributed by atoms with Crippen LogP contribution < -0.4 is 15.0 Å². The van der Waals surface area contributed by atoms with E-state index in [1.165, 1.54) is 4.90 Å². The van der Waals surface area contributed by atoms with Gasteiger partial charge in [0.2, 0.25) is 5.91 Å². The van der Waals surface area contributed by atoms with E-state index in [-0.39, 0.29) is 36.1 Å². The average Bonchev–Trinajstić information content (AvgIpc) is 2.57. The molecule has 2 atom stereocenters. The van der Waals surface area contributed by atoms with Crippen LogP contribution in [-0.2, 0) is 9.59 Å². The van der Waals surface area contributed by atoms with E-state index in [2.05, 4.69) is 5.32 Å². The van der Waals surface area contributed by atoms with E-state index in [1.807, 2.05) is 13.8 Å². The minimum Gasteiger partial charge on any atom is -0.479 e. The third kappa shape index (κ3) is 3.87. The quantitative estimate of drug-likeness (QED) is 0.628. The fourth-order valence-corrected chi connectivity index (χ4v) is 2.54. The van der Waals surface area contributed by atoms with Gasteiger partial charge in [0.25, 0.3) is 5.91 Å². The van der Waals surface area contributed by atoms with E-state index < -0.39 is 6.10 Å².